The Labute approximate surface area is 205 Å². The summed E-state index contributed by atoms with van der Waals surface area (Å²) < 4.78 is 31.2. The second-order valence-corrected chi connectivity index (χ2v) is 7.89. The lowest BCUT2D eigenvalue weighted by Gasteiger charge is -2.15. The van der Waals surface area contributed by atoms with Gasteiger partial charge in [-0.2, -0.15) is 0 Å². The van der Waals surface area contributed by atoms with Crippen LogP contribution in [0.25, 0.3) is 16.5 Å². The zero-order valence-electron chi connectivity index (χ0n) is 19.2. The molecule has 0 aliphatic rings. The molecular formula is C26H22ClFN2O5. The molecule has 1 heterocycles. The van der Waals surface area contributed by atoms with Gasteiger partial charge in [0.15, 0.2) is 11.5 Å². The topological polar surface area (TPSA) is 78.8 Å². The highest BCUT2D eigenvalue weighted by molar-refractivity contribution is 6.31. The molecule has 9 heteroatoms. The number of ether oxygens (including phenoxy) is 3. The van der Waals surface area contributed by atoms with Crippen molar-refractivity contribution in [1.82, 2.24) is 4.57 Å². The van der Waals surface area contributed by atoms with Gasteiger partial charge in [-0.3, -0.25) is 14.2 Å². The van der Waals surface area contributed by atoms with Crippen molar-refractivity contribution in [2.24, 2.45) is 0 Å². The molecule has 0 bridgehead atoms. The zero-order chi connectivity index (χ0) is 25.1. The van der Waals surface area contributed by atoms with Gasteiger partial charge in [0.1, 0.15) is 11.6 Å². The third-order valence-electron chi connectivity index (χ3n) is 5.37. The van der Waals surface area contributed by atoms with Gasteiger partial charge in [-0.25, -0.2) is 4.39 Å². The molecule has 0 aliphatic heterocycles. The largest absolute Gasteiger partial charge is 0.494 e. The van der Waals surface area contributed by atoms with Gasteiger partial charge in [0.2, 0.25) is 0 Å². The standard InChI is InChI=1S/C26H22ClFN2O5/c1-4-35-17-8-6-16(7-9-17)30-14-20(25(31)29-15-5-10-22(28)21(27)11-15)18-12-23(33-2)24(34-3)13-19(18)26(30)32/h5-14H,4H2,1-3H3,(H,29,31). The summed E-state index contributed by atoms with van der Waals surface area (Å²) >= 11 is 5.86. The Bertz CT molecular complexity index is 1470. The SMILES string of the molecule is CCOc1ccc(-n2cc(C(=O)Nc3ccc(F)c(Cl)c3)c3cc(OC)c(OC)cc3c2=O)cc1. The second-order valence-electron chi connectivity index (χ2n) is 7.48. The van der Waals surface area contributed by atoms with Crippen LogP contribution in [0.15, 0.2) is 65.6 Å². The number of nitrogens with one attached hydrogen (secondary N) is 1. The molecule has 1 amide bonds. The first kappa shape index (κ1) is 24.1. The number of methoxy groups -OCH3 is 2. The third-order valence-corrected chi connectivity index (χ3v) is 5.66. The van der Waals surface area contributed by atoms with Crippen molar-refractivity contribution in [3.05, 3.63) is 87.6 Å². The molecule has 4 aromatic rings. The van der Waals surface area contributed by atoms with Gasteiger partial charge in [-0.05, 0) is 61.5 Å². The quantitative estimate of drug-likeness (QED) is 0.368. The number of hydrogen-bond acceptors (Lipinski definition) is 5. The monoisotopic (exact) mass is 496 g/mol. The van der Waals surface area contributed by atoms with Crippen LogP contribution < -0.4 is 25.1 Å². The third kappa shape index (κ3) is 4.79. The van der Waals surface area contributed by atoms with Crippen molar-refractivity contribution < 1.29 is 23.4 Å². The summed E-state index contributed by atoms with van der Waals surface area (Å²) in [6.45, 7) is 2.39. The molecule has 0 atom stereocenters. The van der Waals surface area contributed by atoms with Crippen LogP contribution in [-0.4, -0.2) is 31.3 Å². The normalized spacial score (nSPS) is 10.8. The van der Waals surface area contributed by atoms with Crippen LogP contribution in [-0.2, 0) is 0 Å². The van der Waals surface area contributed by atoms with Gasteiger partial charge >= 0.3 is 0 Å². The van der Waals surface area contributed by atoms with E-state index in [4.69, 9.17) is 25.8 Å². The molecule has 0 unspecified atom stereocenters. The first-order chi connectivity index (χ1) is 16.9. The predicted octanol–water partition coefficient (Wildman–Crippen LogP) is 5.45. The van der Waals surface area contributed by atoms with Gasteiger partial charge in [-0.15, -0.1) is 0 Å². The fourth-order valence-electron chi connectivity index (χ4n) is 3.68. The van der Waals surface area contributed by atoms with Crippen LogP contribution in [0.2, 0.25) is 5.02 Å². The summed E-state index contributed by atoms with van der Waals surface area (Å²) in [4.78, 5) is 26.8. The molecule has 0 saturated carbocycles. The molecule has 4 rings (SSSR count). The van der Waals surface area contributed by atoms with Gasteiger partial charge in [0.05, 0.1) is 36.8 Å². The molecular weight excluding hydrogens is 475 g/mol. The van der Waals surface area contributed by atoms with E-state index < -0.39 is 11.7 Å². The number of nitrogens with zero attached hydrogens (tertiary/aromatic N) is 1. The van der Waals surface area contributed by atoms with E-state index >= 15 is 0 Å². The van der Waals surface area contributed by atoms with Crippen LogP contribution in [0.5, 0.6) is 17.2 Å². The highest BCUT2D eigenvalue weighted by Gasteiger charge is 2.19. The minimum Gasteiger partial charge on any atom is -0.494 e. The summed E-state index contributed by atoms with van der Waals surface area (Å²) in [5.74, 6) is 0.235. The maximum absolute atomic E-state index is 13.6. The average Bonchev–Trinajstić information content (AvgIpc) is 2.86. The number of fused-ring (bicyclic) bond motifs is 1. The van der Waals surface area contributed by atoms with Gasteiger partial charge < -0.3 is 19.5 Å². The average molecular weight is 497 g/mol. The molecule has 0 fully saturated rings. The fourth-order valence-corrected chi connectivity index (χ4v) is 3.86. The van der Waals surface area contributed by atoms with E-state index in [0.717, 1.165) is 6.07 Å². The number of hydrogen-bond donors (Lipinski definition) is 1. The first-order valence-electron chi connectivity index (χ1n) is 10.7. The van der Waals surface area contributed by atoms with Crippen LogP contribution in [0.1, 0.15) is 17.3 Å². The number of halogens is 2. The summed E-state index contributed by atoms with van der Waals surface area (Å²) in [6, 6.07) is 13.9. The van der Waals surface area contributed by atoms with Gasteiger partial charge in [0.25, 0.3) is 11.5 Å². The van der Waals surface area contributed by atoms with Crippen molar-refractivity contribution in [3.8, 4) is 22.9 Å². The number of aromatic nitrogens is 1. The Morgan fingerprint density at radius 1 is 1.00 bits per heavy atom. The van der Waals surface area contributed by atoms with E-state index in [9.17, 15) is 14.0 Å². The molecule has 35 heavy (non-hydrogen) atoms. The highest BCUT2D eigenvalue weighted by atomic mass is 35.5. The van der Waals surface area contributed by atoms with E-state index in [-0.39, 0.29) is 21.5 Å². The van der Waals surface area contributed by atoms with Crippen molar-refractivity contribution in [1.29, 1.82) is 0 Å². The molecule has 1 aromatic heterocycles. The van der Waals surface area contributed by atoms with E-state index in [1.807, 2.05) is 6.92 Å². The van der Waals surface area contributed by atoms with Crippen molar-refractivity contribution in [2.45, 2.75) is 6.92 Å². The molecule has 0 spiro atoms. The smallest absolute Gasteiger partial charge is 0.263 e. The lowest BCUT2D eigenvalue weighted by molar-refractivity contribution is 0.102. The van der Waals surface area contributed by atoms with Crippen LogP contribution in [0.4, 0.5) is 10.1 Å². The first-order valence-corrected chi connectivity index (χ1v) is 11.0. The lowest BCUT2D eigenvalue weighted by atomic mass is 10.0. The van der Waals surface area contributed by atoms with E-state index in [1.165, 1.54) is 43.2 Å². The molecule has 7 nitrogen and oxygen atoms in total. The highest BCUT2D eigenvalue weighted by Crippen LogP contribution is 2.33. The molecule has 0 aliphatic carbocycles. The van der Waals surface area contributed by atoms with Gasteiger partial charge in [0, 0.05) is 23.0 Å². The van der Waals surface area contributed by atoms with Crippen molar-refractivity contribution in [3.63, 3.8) is 0 Å². The number of carbonyl (C=O) groups excluding carboxylic acids is 1. The second kappa shape index (κ2) is 10.1. The van der Waals surface area contributed by atoms with Crippen molar-refractivity contribution in [2.75, 3.05) is 26.1 Å². The van der Waals surface area contributed by atoms with Crippen LogP contribution >= 0.6 is 11.6 Å². The molecule has 0 saturated heterocycles. The maximum Gasteiger partial charge on any atom is 0.263 e. The number of pyridine rings is 1. The fraction of sp³-hybridized carbons (Fsp3) is 0.154. The number of benzene rings is 3. The van der Waals surface area contributed by atoms with Crippen molar-refractivity contribution >= 4 is 34.0 Å². The van der Waals surface area contributed by atoms with Crippen LogP contribution in [0.3, 0.4) is 0 Å². The Morgan fingerprint density at radius 2 is 1.66 bits per heavy atom. The predicted molar refractivity (Wildman–Crippen MR) is 133 cm³/mol. The maximum atomic E-state index is 13.6. The number of anilines is 1. The summed E-state index contributed by atoms with van der Waals surface area (Å²) in [7, 11) is 2.93. The number of carbonyl (C=O) groups is 1. The Kier molecular flexibility index (Phi) is 6.93. The molecule has 0 radical (unpaired) electrons. The summed E-state index contributed by atoms with van der Waals surface area (Å²) in [6.07, 6.45) is 1.45. The van der Waals surface area contributed by atoms with Gasteiger partial charge in [-0.1, -0.05) is 11.6 Å². The van der Waals surface area contributed by atoms with E-state index in [2.05, 4.69) is 5.32 Å². The molecule has 3 aromatic carbocycles. The van der Waals surface area contributed by atoms with Crippen LogP contribution in [0, 0.1) is 5.82 Å². The Morgan fingerprint density at radius 3 is 2.26 bits per heavy atom. The minimum atomic E-state index is -0.601. The zero-order valence-corrected chi connectivity index (χ0v) is 20.0. The van der Waals surface area contributed by atoms with E-state index in [0.29, 0.717) is 40.6 Å². The number of amides is 1. The minimum absolute atomic E-state index is 0.126. The summed E-state index contributed by atoms with van der Waals surface area (Å²) in [5, 5.41) is 3.20. The Hall–Kier alpha value is -4.04. The number of rotatable bonds is 7. The molecule has 180 valence electrons. The molecule has 1 N–H and O–H groups in total. The van der Waals surface area contributed by atoms with E-state index in [1.54, 1.807) is 30.3 Å². The Balaban J connectivity index is 1.90. The summed E-state index contributed by atoms with van der Waals surface area (Å²) in [5.41, 5.74) is 0.671. The lowest BCUT2D eigenvalue weighted by Crippen LogP contribution is -2.23.